The molecule has 0 amide bonds. The first-order chi connectivity index (χ1) is 8.70. The zero-order valence-corrected chi connectivity index (χ0v) is 10.3. The summed E-state index contributed by atoms with van der Waals surface area (Å²) in [5.74, 6) is 1.06. The van der Waals surface area contributed by atoms with E-state index in [1.807, 2.05) is 0 Å². The zero-order chi connectivity index (χ0) is 13.0. The number of ether oxygens (including phenoxy) is 1. The molecule has 0 atom stereocenters. The fraction of sp³-hybridized carbons (Fsp3) is 0.636. The van der Waals surface area contributed by atoms with Gasteiger partial charge in [0.25, 0.3) is 5.88 Å². The van der Waals surface area contributed by atoms with Crippen LogP contribution in [0.3, 0.4) is 0 Å². The molecule has 1 fully saturated rings. The van der Waals surface area contributed by atoms with Gasteiger partial charge in [0.1, 0.15) is 6.20 Å². The van der Waals surface area contributed by atoms with Crippen LogP contribution in [0.15, 0.2) is 6.20 Å². The van der Waals surface area contributed by atoms with Crippen LogP contribution in [-0.2, 0) is 0 Å². The van der Waals surface area contributed by atoms with Gasteiger partial charge in [-0.3, -0.25) is 10.1 Å². The van der Waals surface area contributed by atoms with Crippen LogP contribution < -0.4 is 10.1 Å². The van der Waals surface area contributed by atoms with Crippen LogP contribution in [-0.4, -0.2) is 28.5 Å². The van der Waals surface area contributed by atoms with Gasteiger partial charge in [0.05, 0.1) is 11.5 Å². The van der Waals surface area contributed by atoms with E-state index in [4.69, 9.17) is 4.74 Å². The maximum absolute atomic E-state index is 10.8. The third kappa shape index (κ3) is 2.85. The van der Waals surface area contributed by atoms with Gasteiger partial charge in [-0.1, -0.05) is 19.3 Å². The van der Waals surface area contributed by atoms with Crippen LogP contribution in [0.2, 0.25) is 0 Å². The highest BCUT2D eigenvalue weighted by Crippen LogP contribution is 2.30. The van der Waals surface area contributed by atoms with E-state index in [1.54, 1.807) is 7.05 Å². The molecule has 1 aliphatic carbocycles. The molecule has 1 N–H and O–H groups in total. The van der Waals surface area contributed by atoms with Crippen molar-refractivity contribution in [2.45, 2.75) is 25.7 Å². The van der Waals surface area contributed by atoms with E-state index in [0.29, 0.717) is 18.5 Å². The molecule has 1 aliphatic rings. The number of hydrogen-bond acceptors (Lipinski definition) is 6. The predicted octanol–water partition coefficient (Wildman–Crippen LogP) is 2.00. The molecule has 0 spiro atoms. The molecule has 18 heavy (non-hydrogen) atoms. The van der Waals surface area contributed by atoms with E-state index >= 15 is 0 Å². The van der Waals surface area contributed by atoms with Gasteiger partial charge in [-0.15, -0.1) is 0 Å². The minimum absolute atomic E-state index is 0.0404. The fourth-order valence-electron chi connectivity index (χ4n) is 1.82. The molecular weight excluding hydrogens is 236 g/mol. The molecule has 0 aliphatic heterocycles. The number of hydrogen-bond donors (Lipinski definition) is 1. The summed E-state index contributed by atoms with van der Waals surface area (Å²) in [4.78, 5) is 18.1. The van der Waals surface area contributed by atoms with Gasteiger partial charge in [0.2, 0.25) is 5.95 Å². The molecule has 1 aromatic heterocycles. The molecule has 0 saturated heterocycles. The van der Waals surface area contributed by atoms with E-state index < -0.39 is 4.92 Å². The van der Waals surface area contributed by atoms with Crippen molar-refractivity contribution >= 4 is 11.6 Å². The Hall–Kier alpha value is -1.92. The molecule has 0 aromatic carbocycles. The van der Waals surface area contributed by atoms with Gasteiger partial charge in [-0.05, 0) is 12.3 Å². The summed E-state index contributed by atoms with van der Waals surface area (Å²) in [5, 5.41) is 13.5. The second-order valence-corrected chi connectivity index (χ2v) is 4.33. The number of rotatable bonds is 6. The van der Waals surface area contributed by atoms with Crippen molar-refractivity contribution in [3.05, 3.63) is 16.3 Å². The topological polar surface area (TPSA) is 90.2 Å². The van der Waals surface area contributed by atoms with Crippen LogP contribution >= 0.6 is 0 Å². The molecule has 1 saturated carbocycles. The lowest BCUT2D eigenvalue weighted by molar-refractivity contribution is -0.386. The van der Waals surface area contributed by atoms with Crippen LogP contribution in [0.5, 0.6) is 5.88 Å². The first-order valence-electron chi connectivity index (χ1n) is 6.02. The maximum atomic E-state index is 10.8. The van der Waals surface area contributed by atoms with Crippen molar-refractivity contribution in [3.63, 3.8) is 0 Å². The molecule has 7 nitrogen and oxygen atoms in total. The van der Waals surface area contributed by atoms with Crippen LogP contribution in [0, 0.1) is 16.0 Å². The predicted molar refractivity (Wildman–Crippen MR) is 65.7 cm³/mol. The Morgan fingerprint density at radius 3 is 2.94 bits per heavy atom. The lowest BCUT2D eigenvalue weighted by Gasteiger charge is -2.24. The maximum Gasteiger partial charge on any atom is 0.349 e. The molecule has 1 aromatic rings. The normalized spacial score (nSPS) is 14.9. The van der Waals surface area contributed by atoms with Gasteiger partial charge in [0, 0.05) is 7.05 Å². The van der Waals surface area contributed by atoms with E-state index in [0.717, 1.165) is 12.6 Å². The Morgan fingerprint density at radius 2 is 2.39 bits per heavy atom. The highest BCUT2D eigenvalue weighted by atomic mass is 16.6. The third-order valence-corrected chi connectivity index (χ3v) is 3.15. The number of anilines is 1. The van der Waals surface area contributed by atoms with Crippen molar-refractivity contribution in [3.8, 4) is 5.88 Å². The number of nitro groups is 1. The first kappa shape index (κ1) is 12.5. The zero-order valence-electron chi connectivity index (χ0n) is 10.3. The minimum atomic E-state index is -0.530. The third-order valence-electron chi connectivity index (χ3n) is 3.15. The van der Waals surface area contributed by atoms with E-state index in [-0.39, 0.29) is 11.6 Å². The van der Waals surface area contributed by atoms with Gasteiger partial charge in [-0.25, -0.2) is 4.98 Å². The van der Waals surface area contributed by atoms with Gasteiger partial charge < -0.3 is 10.1 Å². The van der Waals surface area contributed by atoms with Gasteiger partial charge >= 0.3 is 5.69 Å². The van der Waals surface area contributed by atoms with Crippen molar-refractivity contribution < 1.29 is 9.66 Å². The Balaban J connectivity index is 2.00. The standard InChI is InChI=1S/C11H16N4O3/c1-12-11-13-7-9(15(16)17)10(14-11)18-6-5-8-3-2-4-8/h7-8H,2-6H2,1H3,(H,12,13,14). The summed E-state index contributed by atoms with van der Waals surface area (Å²) in [6.45, 7) is 0.464. The van der Waals surface area contributed by atoms with Crippen molar-refractivity contribution in [2.75, 3.05) is 19.0 Å². The van der Waals surface area contributed by atoms with Crippen LogP contribution in [0.25, 0.3) is 0 Å². The molecule has 1 heterocycles. The molecule has 0 bridgehead atoms. The van der Waals surface area contributed by atoms with E-state index in [2.05, 4.69) is 15.3 Å². The second kappa shape index (κ2) is 5.61. The molecule has 7 heteroatoms. The summed E-state index contributed by atoms with van der Waals surface area (Å²) in [5.41, 5.74) is -0.192. The summed E-state index contributed by atoms with van der Waals surface area (Å²) >= 11 is 0. The largest absolute Gasteiger partial charge is 0.473 e. The summed E-state index contributed by atoms with van der Waals surface area (Å²) in [6.07, 6.45) is 5.84. The first-order valence-corrected chi connectivity index (χ1v) is 6.02. The van der Waals surface area contributed by atoms with Crippen LogP contribution in [0.1, 0.15) is 25.7 Å². The highest BCUT2D eigenvalue weighted by molar-refractivity contribution is 5.42. The van der Waals surface area contributed by atoms with Crippen molar-refractivity contribution in [2.24, 2.45) is 5.92 Å². The number of nitrogens with one attached hydrogen (secondary N) is 1. The Labute approximate surface area is 105 Å². The van der Waals surface area contributed by atoms with E-state index in [9.17, 15) is 10.1 Å². The molecule has 98 valence electrons. The van der Waals surface area contributed by atoms with Gasteiger partial charge in [-0.2, -0.15) is 4.98 Å². The molecule has 2 rings (SSSR count). The van der Waals surface area contributed by atoms with Crippen molar-refractivity contribution in [1.29, 1.82) is 0 Å². The summed E-state index contributed by atoms with van der Waals surface area (Å²) in [7, 11) is 1.65. The monoisotopic (exact) mass is 252 g/mol. The average Bonchev–Trinajstić information content (AvgIpc) is 2.31. The Kier molecular flexibility index (Phi) is 3.91. The second-order valence-electron chi connectivity index (χ2n) is 4.33. The molecular formula is C11H16N4O3. The van der Waals surface area contributed by atoms with Gasteiger partial charge in [0.15, 0.2) is 0 Å². The quantitative estimate of drug-likeness (QED) is 0.615. The summed E-state index contributed by atoms with van der Waals surface area (Å²) < 4.78 is 5.41. The smallest absolute Gasteiger partial charge is 0.349 e. The Bertz CT molecular complexity index is 434. The summed E-state index contributed by atoms with van der Waals surface area (Å²) in [6, 6.07) is 0. The fourth-order valence-corrected chi connectivity index (χ4v) is 1.82. The van der Waals surface area contributed by atoms with Crippen molar-refractivity contribution in [1.82, 2.24) is 9.97 Å². The lowest BCUT2D eigenvalue weighted by Crippen LogP contribution is -2.15. The minimum Gasteiger partial charge on any atom is -0.473 e. The Morgan fingerprint density at radius 1 is 1.61 bits per heavy atom. The molecule has 0 unspecified atom stereocenters. The molecule has 0 radical (unpaired) electrons. The SMILES string of the molecule is CNc1ncc([N+](=O)[O-])c(OCCC2CCC2)n1. The number of nitrogens with zero attached hydrogens (tertiary/aromatic N) is 3. The highest BCUT2D eigenvalue weighted by Gasteiger charge is 2.21. The van der Waals surface area contributed by atoms with Crippen LogP contribution in [0.4, 0.5) is 11.6 Å². The lowest BCUT2D eigenvalue weighted by atomic mass is 9.83. The average molecular weight is 252 g/mol. The number of aromatic nitrogens is 2. The van der Waals surface area contributed by atoms with E-state index in [1.165, 1.54) is 19.3 Å².